The van der Waals surface area contributed by atoms with Gasteiger partial charge in [0.1, 0.15) is 0 Å². The van der Waals surface area contributed by atoms with Gasteiger partial charge in [0.15, 0.2) is 11.5 Å². The number of hydrogen-bond acceptors (Lipinski definition) is 5. The van der Waals surface area contributed by atoms with Gasteiger partial charge < -0.3 is 15.2 Å². The maximum atomic E-state index is 9.90. The van der Waals surface area contributed by atoms with Crippen molar-refractivity contribution in [1.29, 1.82) is 0 Å². The molecule has 2 rings (SSSR count). The summed E-state index contributed by atoms with van der Waals surface area (Å²) >= 11 is 1.61. The van der Waals surface area contributed by atoms with Crippen LogP contribution in [0.2, 0.25) is 0 Å². The molecular weight excluding hydrogens is 248 g/mol. The van der Waals surface area contributed by atoms with E-state index < -0.39 is 0 Å². The first-order chi connectivity index (χ1) is 8.81. The fourth-order valence-corrected chi connectivity index (χ4v) is 2.27. The Morgan fingerprint density at radius 2 is 2.33 bits per heavy atom. The van der Waals surface area contributed by atoms with E-state index >= 15 is 0 Å². The van der Waals surface area contributed by atoms with Crippen LogP contribution < -0.4 is 10.1 Å². The number of methoxy groups -OCH3 is 1. The summed E-state index contributed by atoms with van der Waals surface area (Å²) in [5, 5.41) is 15.2. The number of phenols is 1. The van der Waals surface area contributed by atoms with Crippen molar-refractivity contribution < 1.29 is 9.84 Å². The summed E-state index contributed by atoms with van der Waals surface area (Å²) in [5.41, 5.74) is 3.78. The molecule has 0 saturated heterocycles. The molecule has 18 heavy (non-hydrogen) atoms. The molecule has 0 spiro atoms. The molecule has 0 aliphatic heterocycles. The number of phenolic OH excluding ortho intramolecular Hbond substituents is 1. The van der Waals surface area contributed by atoms with Crippen LogP contribution in [0.4, 0.5) is 0 Å². The van der Waals surface area contributed by atoms with Gasteiger partial charge in [-0.25, -0.2) is 4.98 Å². The van der Waals surface area contributed by atoms with Crippen molar-refractivity contribution in [2.45, 2.75) is 13.0 Å². The molecule has 2 aromatic rings. The number of aromatic nitrogens is 1. The van der Waals surface area contributed by atoms with E-state index in [-0.39, 0.29) is 5.75 Å². The molecule has 0 aliphatic carbocycles. The Hall–Kier alpha value is -1.59. The van der Waals surface area contributed by atoms with Crippen LogP contribution in [0.5, 0.6) is 11.5 Å². The summed E-state index contributed by atoms with van der Waals surface area (Å²) in [4.78, 5) is 4.21. The van der Waals surface area contributed by atoms with Gasteiger partial charge >= 0.3 is 0 Å². The number of thiazole rings is 1. The Labute approximate surface area is 110 Å². The Morgan fingerprint density at radius 3 is 3.06 bits per heavy atom. The number of nitrogens with one attached hydrogen (secondary N) is 1. The fourth-order valence-electron chi connectivity index (χ4n) is 1.68. The minimum atomic E-state index is 0.209. The van der Waals surface area contributed by atoms with Crippen molar-refractivity contribution in [2.75, 3.05) is 13.7 Å². The SMILES string of the molecule is COc1cccc(CNCCc2cscn2)c1O. The zero-order valence-corrected chi connectivity index (χ0v) is 11.0. The third kappa shape index (κ3) is 3.21. The topological polar surface area (TPSA) is 54.4 Å². The van der Waals surface area contributed by atoms with E-state index in [4.69, 9.17) is 4.74 Å². The highest BCUT2D eigenvalue weighted by Gasteiger charge is 2.06. The van der Waals surface area contributed by atoms with Gasteiger partial charge in [-0.15, -0.1) is 11.3 Å². The third-order valence-electron chi connectivity index (χ3n) is 2.66. The van der Waals surface area contributed by atoms with Crippen LogP contribution in [-0.2, 0) is 13.0 Å². The summed E-state index contributed by atoms with van der Waals surface area (Å²) in [5.74, 6) is 0.718. The number of hydrogen-bond donors (Lipinski definition) is 2. The smallest absolute Gasteiger partial charge is 0.162 e. The second kappa shape index (κ2) is 6.37. The van der Waals surface area contributed by atoms with Crippen LogP contribution in [0.3, 0.4) is 0 Å². The zero-order chi connectivity index (χ0) is 12.8. The predicted octanol–water partition coefficient (Wildman–Crippen LogP) is 2.19. The summed E-state index contributed by atoms with van der Waals surface area (Å²) in [6.07, 6.45) is 0.897. The lowest BCUT2D eigenvalue weighted by atomic mass is 10.2. The number of aromatic hydroxyl groups is 1. The molecule has 0 bridgehead atoms. The second-order valence-corrected chi connectivity index (χ2v) is 4.59. The van der Waals surface area contributed by atoms with Crippen molar-refractivity contribution in [3.05, 3.63) is 40.3 Å². The van der Waals surface area contributed by atoms with Crippen molar-refractivity contribution in [3.63, 3.8) is 0 Å². The number of benzene rings is 1. The Bertz CT molecular complexity index is 486. The van der Waals surface area contributed by atoms with Crippen LogP contribution in [0.15, 0.2) is 29.1 Å². The average molecular weight is 264 g/mol. The van der Waals surface area contributed by atoms with Crippen LogP contribution in [0.25, 0.3) is 0 Å². The van der Waals surface area contributed by atoms with Crippen LogP contribution in [-0.4, -0.2) is 23.7 Å². The minimum Gasteiger partial charge on any atom is -0.504 e. The molecule has 0 aliphatic rings. The van der Waals surface area contributed by atoms with Crippen LogP contribution in [0.1, 0.15) is 11.3 Å². The van der Waals surface area contributed by atoms with Crippen molar-refractivity contribution in [1.82, 2.24) is 10.3 Å². The van der Waals surface area contributed by atoms with Gasteiger partial charge in [-0.1, -0.05) is 12.1 Å². The molecule has 0 unspecified atom stereocenters. The highest BCUT2D eigenvalue weighted by molar-refractivity contribution is 7.07. The summed E-state index contributed by atoms with van der Waals surface area (Å²) in [6.45, 7) is 1.45. The van der Waals surface area contributed by atoms with Gasteiger partial charge in [0.25, 0.3) is 0 Å². The number of rotatable bonds is 6. The lowest BCUT2D eigenvalue weighted by Gasteiger charge is -2.09. The molecule has 0 saturated carbocycles. The summed E-state index contributed by atoms with van der Waals surface area (Å²) in [7, 11) is 1.55. The highest BCUT2D eigenvalue weighted by atomic mass is 32.1. The fraction of sp³-hybridized carbons (Fsp3) is 0.308. The molecule has 1 heterocycles. The number of para-hydroxylation sites is 1. The highest BCUT2D eigenvalue weighted by Crippen LogP contribution is 2.28. The van der Waals surface area contributed by atoms with Gasteiger partial charge in [0.2, 0.25) is 0 Å². The Kier molecular flexibility index (Phi) is 4.55. The van der Waals surface area contributed by atoms with E-state index in [1.54, 1.807) is 24.5 Å². The molecule has 2 N–H and O–H groups in total. The molecule has 1 aromatic carbocycles. The maximum absolute atomic E-state index is 9.90. The lowest BCUT2D eigenvalue weighted by molar-refractivity contribution is 0.369. The van der Waals surface area contributed by atoms with Crippen LogP contribution in [0, 0.1) is 0 Å². The van der Waals surface area contributed by atoms with E-state index in [9.17, 15) is 5.11 Å². The first-order valence-electron chi connectivity index (χ1n) is 5.74. The Balaban J connectivity index is 1.83. The van der Waals surface area contributed by atoms with E-state index in [1.165, 1.54) is 0 Å². The molecule has 0 radical (unpaired) electrons. The summed E-state index contributed by atoms with van der Waals surface area (Å²) < 4.78 is 5.06. The van der Waals surface area contributed by atoms with E-state index in [0.717, 1.165) is 24.2 Å². The van der Waals surface area contributed by atoms with Gasteiger partial charge in [-0.3, -0.25) is 0 Å². The minimum absolute atomic E-state index is 0.209. The van der Waals surface area contributed by atoms with Gasteiger partial charge in [-0.2, -0.15) is 0 Å². The van der Waals surface area contributed by atoms with Crippen LogP contribution >= 0.6 is 11.3 Å². The average Bonchev–Trinajstić information content (AvgIpc) is 2.89. The lowest BCUT2D eigenvalue weighted by Crippen LogP contribution is -2.16. The molecule has 0 fully saturated rings. The zero-order valence-electron chi connectivity index (χ0n) is 10.2. The monoisotopic (exact) mass is 264 g/mol. The maximum Gasteiger partial charge on any atom is 0.162 e. The molecule has 1 aromatic heterocycles. The molecule has 96 valence electrons. The third-order valence-corrected chi connectivity index (χ3v) is 3.29. The predicted molar refractivity (Wildman–Crippen MR) is 72.2 cm³/mol. The van der Waals surface area contributed by atoms with E-state index in [0.29, 0.717) is 12.3 Å². The first kappa shape index (κ1) is 12.9. The standard InChI is InChI=1S/C13H16N2O2S/c1-17-12-4-2-3-10(13(12)16)7-14-6-5-11-8-18-9-15-11/h2-4,8-9,14,16H,5-7H2,1H3. The molecule has 0 atom stereocenters. The van der Waals surface area contributed by atoms with Gasteiger partial charge in [0, 0.05) is 30.5 Å². The largest absolute Gasteiger partial charge is 0.504 e. The Morgan fingerprint density at radius 1 is 1.44 bits per heavy atom. The summed E-state index contributed by atoms with van der Waals surface area (Å²) in [6, 6.07) is 5.50. The molecule has 4 nitrogen and oxygen atoms in total. The molecular formula is C13H16N2O2S. The second-order valence-electron chi connectivity index (χ2n) is 3.87. The number of nitrogens with zero attached hydrogens (tertiary/aromatic N) is 1. The first-order valence-corrected chi connectivity index (χ1v) is 6.68. The quantitative estimate of drug-likeness (QED) is 0.785. The molecule has 5 heteroatoms. The molecule has 0 amide bonds. The van der Waals surface area contributed by atoms with Gasteiger partial charge in [-0.05, 0) is 6.07 Å². The van der Waals surface area contributed by atoms with E-state index in [1.807, 2.05) is 23.0 Å². The van der Waals surface area contributed by atoms with Crippen molar-refractivity contribution in [2.24, 2.45) is 0 Å². The van der Waals surface area contributed by atoms with E-state index in [2.05, 4.69) is 10.3 Å². The number of ether oxygens (including phenoxy) is 1. The van der Waals surface area contributed by atoms with Gasteiger partial charge in [0.05, 0.1) is 18.3 Å². The van der Waals surface area contributed by atoms with Crippen molar-refractivity contribution >= 4 is 11.3 Å². The van der Waals surface area contributed by atoms with Crippen molar-refractivity contribution in [3.8, 4) is 11.5 Å². The normalized spacial score (nSPS) is 10.5.